The van der Waals surface area contributed by atoms with E-state index in [1.165, 1.54) is 6.92 Å². The Bertz CT molecular complexity index is 280. The van der Waals surface area contributed by atoms with Crippen molar-refractivity contribution >= 4 is 21.9 Å². The number of carbonyl (C=O) groups excluding carboxylic acids is 1. The minimum atomic E-state index is -0.358. The molecule has 0 N–H and O–H groups in total. The van der Waals surface area contributed by atoms with Crippen LogP contribution in [-0.2, 0) is 14.3 Å². The highest BCUT2D eigenvalue weighted by Crippen LogP contribution is 2.25. The fraction of sp³-hybridized carbons (Fsp3) is 0.875. The molecule has 0 bridgehead atoms. The summed E-state index contributed by atoms with van der Waals surface area (Å²) in [5.74, 6) is -0.345. The van der Waals surface area contributed by atoms with Gasteiger partial charge in [-0.2, -0.15) is 0 Å². The van der Waals surface area contributed by atoms with Crippen molar-refractivity contribution in [3.8, 4) is 0 Å². The van der Waals surface area contributed by atoms with Gasteiger partial charge in [0, 0.05) is 11.8 Å². The highest BCUT2D eigenvalue weighted by Gasteiger charge is 2.31. The van der Waals surface area contributed by atoms with Crippen LogP contribution < -0.4 is 0 Å². The van der Waals surface area contributed by atoms with Crippen LogP contribution in [0.5, 0.6) is 0 Å². The first-order valence-corrected chi connectivity index (χ1v) is 5.52. The first-order valence-electron chi connectivity index (χ1n) is 4.61. The van der Waals surface area contributed by atoms with Gasteiger partial charge < -0.3 is 9.47 Å². The van der Waals surface area contributed by atoms with Crippen LogP contribution in [0.4, 0.5) is 0 Å². The van der Waals surface area contributed by atoms with E-state index < -0.39 is 0 Å². The number of ether oxygens (including phenoxy) is 2. The topological polar surface area (TPSA) is 84.3 Å². The monoisotopic (exact) mass is 277 g/mol. The summed E-state index contributed by atoms with van der Waals surface area (Å²) in [5.41, 5.74) is 8.21. The van der Waals surface area contributed by atoms with Crippen molar-refractivity contribution in [3.05, 3.63) is 10.4 Å². The molecule has 0 radical (unpaired) electrons. The van der Waals surface area contributed by atoms with Crippen molar-refractivity contribution in [2.24, 2.45) is 5.11 Å². The van der Waals surface area contributed by atoms with Crippen molar-refractivity contribution in [3.63, 3.8) is 0 Å². The Labute approximate surface area is 95.7 Å². The predicted molar refractivity (Wildman–Crippen MR) is 56.4 cm³/mol. The van der Waals surface area contributed by atoms with Gasteiger partial charge in [0.2, 0.25) is 0 Å². The summed E-state index contributed by atoms with van der Waals surface area (Å²) in [4.78, 5) is 13.5. The van der Waals surface area contributed by atoms with E-state index in [0.717, 1.165) is 6.42 Å². The normalized spacial score (nSPS) is 30.4. The summed E-state index contributed by atoms with van der Waals surface area (Å²) in [5, 5.41) is 3.36. The van der Waals surface area contributed by atoms with E-state index in [9.17, 15) is 4.79 Å². The number of halogens is 1. The molecule has 0 aromatic rings. The molecule has 6 nitrogen and oxygen atoms in total. The van der Waals surface area contributed by atoms with Gasteiger partial charge in [-0.25, -0.2) is 0 Å². The van der Waals surface area contributed by atoms with Gasteiger partial charge in [0.25, 0.3) is 0 Å². The smallest absolute Gasteiger partial charge is 0.302 e. The molecule has 0 aromatic heterocycles. The zero-order valence-electron chi connectivity index (χ0n) is 8.30. The maximum Gasteiger partial charge on any atom is 0.302 e. The van der Waals surface area contributed by atoms with E-state index in [2.05, 4.69) is 26.0 Å². The number of nitrogens with zero attached hydrogens (tertiary/aromatic N) is 3. The number of hydrogen-bond donors (Lipinski definition) is 0. The van der Waals surface area contributed by atoms with E-state index in [0.29, 0.717) is 6.42 Å². The van der Waals surface area contributed by atoms with E-state index in [1.54, 1.807) is 0 Å². The van der Waals surface area contributed by atoms with Crippen LogP contribution in [0.15, 0.2) is 5.11 Å². The van der Waals surface area contributed by atoms with Gasteiger partial charge >= 0.3 is 5.97 Å². The van der Waals surface area contributed by atoms with Gasteiger partial charge in [0.15, 0.2) is 0 Å². The number of esters is 1. The maximum absolute atomic E-state index is 10.8. The Kier molecular flexibility index (Phi) is 4.87. The Morgan fingerprint density at radius 2 is 2.47 bits per heavy atom. The van der Waals surface area contributed by atoms with Gasteiger partial charge in [-0.1, -0.05) is 21.0 Å². The molecule has 84 valence electrons. The number of rotatable bonds is 3. The molecule has 3 atom stereocenters. The number of carbonyl (C=O) groups is 1. The average Bonchev–Trinajstić information content (AvgIpc) is 2.18. The number of alkyl halides is 1. The molecular weight excluding hydrogens is 266 g/mol. The van der Waals surface area contributed by atoms with Crippen molar-refractivity contribution in [1.82, 2.24) is 0 Å². The zero-order chi connectivity index (χ0) is 11.3. The molecule has 1 aliphatic rings. The molecule has 15 heavy (non-hydrogen) atoms. The Balaban J connectivity index is 2.56. The Morgan fingerprint density at radius 3 is 3.07 bits per heavy atom. The summed E-state index contributed by atoms with van der Waals surface area (Å²) in [6, 6.07) is 0. The van der Waals surface area contributed by atoms with Gasteiger partial charge in [0.05, 0.1) is 6.54 Å². The number of azide groups is 1. The van der Waals surface area contributed by atoms with E-state index in [-0.39, 0.29) is 29.7 Å². The molecule has 1 saturated heterocycles. The predicted octanol–water partition coefficient (Wildman–Crippen LogP) is 2.13. The molecule has 0 amide bonds. The molecule has 0 spiro atoms. The second-order valence-electron chi connectivity index (χ2n) is 3.22. The summed E-state index contributed by atoms with van der Waals surface area (Å²) in [6.07, 6.45) is 0.802. The van der Waals surface area contributed by atoms with Crippen LogP contribution in [0.3, 0.4) is 0 Å². The maximum atomic E-state index is 10.8. The lowest BCUT2D eigenvalue weighted by molar-refractivity contribution is -0.161. The average molecular weight is 278 g/mol. The van der Waals surface area contributed by atoms with Crippen molar-refractivity contribution in [2.45, 2.75) is 37.0 Å². The van der Waals surface area contributed by atoms with Crippen molar-refractivity contribution < 1.29 is 14.3 Å². The lowest BCUT2D eigenvalue weighted by Gasteiger charge is -2.32. The summed E-state index contributed by atoms with van der Waals surface area (Å²) >= 11 is 3.32. The minimum Gasteiger partial charge on any atom is -0.460 e. The van der Waals surface area contributed by atoms with Crippen LogP contribution in [0, 0.1) is 0 Å². The zero-order valence-corrected chi connectivity index (χ0v) is 9.88. The minimum absolute atomic E-state index is 0.0665. The molecule has 1 rings (SSSR count). The van der Waals surface area contributed by atoms with Gasteiger partial charge in [0.1, 0.15) is 17.2 Å². The quantitative estimate of drug-likeness (QED) is 0.260. The molecule has 7 heteroatoms. The molecular formula is C8H12BrN3O3. The highest BCUT2D eigenvalue weighted by molar-refractivity contribution is 9.09. The molecule has 1 aliphatic heterocycles. The van der Waals surface area contributed by atoms with Crippen LogP contribution in [0.25, 0.3) is 10.4 Å². The van der Waals surface area contributed by atoms with Crippen molar-refractivity contribution in [2.75, 3.05) is 6.54 Å². The molecule has 1 heterocycles. The van der Waals surface area contributed by atoms with Crippen molar-refractivity contribution in [1.29, 1.82) is 0 Å². The largest absolute Gasteiger partial charge is 0.460 e. The number of hydrogen-bond acceptors (Lipinski definition) is 4. The summed E-state index contributed by atoms with van der Waals surface area (Å²) < 4.78 is 10.6. The molecule has 1 fully saturated rings. The SMILES string of the molecule is CC(=O)O[C@H]1CCC(Br)O[C@@H]1CN=[N+]=[N-]. The van der Waals surface area contributed by atoms with E-state index in [4.69, 9.17) is 15.0 Å². The third kappa shape index (κ3) is 4.07. The lowest BCUT2D eigenvalue weighted by Crippen LogP contribution is -2.41. The van der Waals surface area contributed by atoms with E-state index in [1.807, 2.05) is 0 Å². The fourth-order valence-corrected chi connectivity index (χ4v) is 1.99. The lowest BCUT2D eigenvalue weighted by atomic mass is 10.1. The Morgan fingerprint density at radius 1 is 1.73 bits per heavy atom. The first kappa shape index (κ1) is 12.3. The van der Waals surface area contributed by atoms with Crippen LogP contribution in [0.2, 0.25) is 0 Å². The molecule has 0 aliphatic carbocycles. The third-order valence-corrected chi connectivity index (χ3v) is 2.73. The van der Waals surface area contributed by atoms with Gasteiger partial charge in [-0.3, -0.25) is 4.79 Å². The first-order chi connectivity index (χ1) is 7.13. The molecule has 0 aromatic carbocycles. The van der Waals surface area contributed by atoms with Crippen LogP contribution in [-0.4, -0.2) is 29.7 Å². The van der Waals surface area contributed by atoms with Crippen LogP contribution >= 0.6 is 15.9 Å². The fourth-order valence-electron chi connectivity index (χ4n) is 1.45. The highest BCUT2D eigenvalue weighted by atomic mass is 79.9. The second kappa shape index (κ2) is 5.95. The Hall–Kier alpha value is -0.780. The molecule has 1 unspecified atom stereocenters. The van der Waals surface area contributed by atoms with Crippen LogP contribution in [0.1, 0.15) is 19.8 Å². The second-order valence-corrected chi connectivity index (χ2v) is 4.24. The van der Waals surface area contributed by atoms with Gasteiger partial charge in [-0.15, -0.1) is 0 Å². The summed E-state index contributed by atoms with van der Waals surface area (Å²) in [6.45, 7) is 1.53. The third-order valence-electron chi connectivity index (χ3n) is 2.06. The summed E-state index contributed by atoms with van der Waals surface area (Å²) in [7, 11) is 0. The molecule has 0 saturated carbocycles. The van der Waals surface area contributed by atoms with E-state index >= 15 is 0 Å². The van der Waals surface area contributed by atoms with Gasteiger partial charge in [-0.05, 0) is 18.4 Å². The standard InChI is InChI=1S/C8H12BrN3O3/c1-5(13)14-6-2-3-8(9)15-7(6)4-11-12-10/h6-8H,2-4H2,1H3/t6-,7+,8?/m0/s1.